The van der Waals surface area contributed by atoms with Crippen molar-refractivity contribution >= 4 is 23.2 Å². The minimum absolute atomic E-state index is 0.246. The lowest BCUT2D eigenvalue weighted by atomic mass is 9.99. The van der Waals surface area contributed by atoms with Crippen LogP contribution in [0.3, 0.4) is 0 Å². The summed E-state index contributed by atoms with van der Waals surface area (Å²) in [5.74, 6) is -0.682. The van der Waals surface area contributed by atoms with E-state index in [1.807, 2.05) is 24.3 Å². The maximum Gasteiger partial charge on any atom is 0.252 e. The molecule has 0 bridgehead atoms. The molecule has 2 aromatic carbocycles. The van der Waals surface area contributed by atoms with Crippen LogP contribution < -0.4 is 10.6 Å². The summed E-state index contributed by atoms with van der Waals surface area (Å²) in [6.07, 6.45) is 1.34. The van der Waals surface area contributed by atoms with E-state index < -0.39 is 5.82 Å². The summed E-state index contributed by atoms with van der Waals surface area (Å²) in [4.78, 5) is 25.9. The van der Waals surface area contributed by atoms with Crippen molar-refractivity contribution in [2.45, 2.75) is 13.0 Å². The van der Waals surface area contributed by atoms with Crippen molar-refractivity contribution in [1.82, 2.24) is 15.6 Å². The number of aromatic amines is 1. The van der Waals surface area contributed by atoms with Crippen LogP contribution in [0.2, 0.25) is 0 Å². The third-order valence-electron chi connectivity index (χ3n) is 4.50. The van der Waals surface area contributed by atoms with Crippen molar-refractivity contribution in [1.29, 1.82) is 0 Å². The summed E-state index contributed by atoms with van der Waals surface area (Å²) in [6.45, 7) is 0.980. The summed E-state index contributed by atoms with van der Waals surface area (Å²) in [6, 6.07) is 10.5. The van der Waals surface area contributed by atoms with E-state index in [2.05, 4.69) is 15.6 Å². The molecule has 1 aliphatic heterocycles. The molecule has 0 aliphatic carbocycles. The second-order valence-corrected chi connectivity index (χ2v) is 6.06. The van der Waals surface area contributed by atoms with Crippen LogP contribution in [0.4, 0.5) is 4.39 Å². The SMILES string of the molecule is O=CNCc1ccc(-c2[nH]c3cc(F)cc4c3c2CCNC4=O)cc1. The molecular formula is C19H16FN3O2. The van der Waals surface area contributed by atoms with E-state index in [4.69, 9.17) is 0 Å². The molecule has 4 rings (SSSR count). The van der Waals surface area contributed by atoms with E-state index in [9.17, 15) is 14.0 Å². The maximum absolute atomic E-state index is 13.9. The minimum Gasteiger partial charge on any atom is -0.355 e. The zero-order valence-electron chi connectivity index (χ0n) is 13.4. The van der Waals surface area contributed by atoms with E-state index in [1.165, 1.54) is 12.1 Å². The van der Waals surface area contributed by atoms with Crippen LogP contribution in [0, 0.1) is 5.82 Å². The second-order valence-electron chi connectivity index (χ2n) is 6.06. The average Bonchev–Trinajstić information content (AvgIpc) is 2.89. The Bertz CT molecular complexity index is 976. The number of nitrogens with one attached hydrogen (secondary N) is 3. The normalized spacial score (nSPS) is 13.4. The molecule has 6 heteroatoms. The number of carbonyl (C=O) groups is 2. The molecule has 25 heavy (non-hydrogen) atoms. The van der Waals surface area contributed by atoms with Gasteiger partial charge in [0, 0.05) is 29.7 Å². The van der Waals surface area contributed by atoms with Gasteiger partial charge in [0.25, 0.3) is 5.91 Å². The van der Waals surface area contributed by atoms with Crippen LogP contribution in [0.1, 0.15) is 21.5 Å². The van der Waals surface area contributed by atoms with Crippen LogP contribution in [0.15, 0.2) is 36.4 Å². The van der Waals surface area contributed by atoms with Gasteiger partial charge in [0.05, 0.1) is 5.56 Å². The van der Waals surface area contributed by atoms with Crippen LogP contribution in [0.25, 0.3) is 22.2 Å². The van der Waals surface area contributed by atoms with Gasteiger partial charge < -0.3 is 15.6 Å². The van der Waals surface area contributed by atoms with Gasteiger partial charge in [0.1, 0.15) is 5.82 Å². The lowest BCUT2D eigenvalue weighted by Crippen LogP contribution is -2.23. The number of carbonyl (C=O) groups excluding carboxylic acids is 2. The van der Waals surface area contributed by atoms with Gasteiger partial charge in [-0.3, -0.25) is 9.59 Å². The molecule has 1 aliphatic rings. The van der Waals surface area contributed by atoms with Gasteiger partial charge in [-0.2, -0.15) is 0 Å². The first-order valence-corrected chi connectivity index (χ1v) is 8.06. The topological polar surface area (TPSA) is 74.0 Å². The smallest absolute Gasteiger partial charge is 0.252 e. The summed E-state index contributed by atoms with van der Waals surface area (Å²) in [5, 5.41) is 6.23. The van der Waals surface area contributed by atoms with E-state index in [1.54, 1.807) is 0 Å². The molecular weight excluding hydrogens is 321 g/mol. The summed E-state index contributed by atoms with van der Waals surface area (Å²) >= 11 is 0. The van der Waals surface area contributed by atoms with Crippen molar-refractivity contribution < 1.29 is 14.0 Å². The number of hydrogen-bond donors (Lipinski definition) is 3. The Hall–Kier alpha value is -3.15. The number of halogens is 1. The third kappa shape index (κ3) is 2.65. The first-order valence-electron chi connectivity index (χ1n) is 8.06. The van der Waals surface area contributed by atoms with Crippen molar-refractivity contribution in [2.24, 2.45) is 0 Å². The molecule has 2 heterocycles. The second kappa shape index (κ2) is 6.05. The molecule has 0 radical (unpaired) electrons. The quantitative estimate of drug-likeness (QED) is 0.640. The van der Waals surface area contributed by atoms with Crippen molar-refractivity contribution in [3.63, 3.8) is 0 Å². The Kier molecular flexibility index (Phi) is 3.72. The molecule has 0 spiro atoms. The van der Waals surface area contributed by atoms with E-state index in [0.29, 0.717) is 37.0 Å². The molecule has 0 saturated carbocycles. The lowest BCUT2D eigenvalue weighted by Gasteiger charge is -2.06. The van der Waals surface area contributed by atoms with Crippen LogP contribution in [0.5, 0.6) is 0 Å². The van der Waals surface area contributed by atoms with Crippen molar-refractivity contribution in [2.75, 3.05) is 6.54 Å². The summed E-state index contributed by atoms with van der Waals surface area (Å²) in [7, 11) is 0. The van der Waals surface area contributed by atoms with Crippen LogP contribution in [-0.2, 0) is 17.8 Å². The number of benzene rings is 2. The average molecular weight is 337 g/mol. The standard InChI is InChI=1S/C19H16FN3O2/c20-13-7-15-17-14(5-6-22-19(15)25)18(23-16(17)8-13)12-3-1-11(2-4-12)9-21-10-24/h1-4,7-8,10,23H,5-6,9H2,(H,21,24)(H,22,25). The molecule has 5 nitrogen and oxygen atoms in total. The number of aromatic nitrogens is 1. The van der Waals surface area contributed by atoms with Gasteiger partial charge in [-0.1, -0.05) is 24.3 Å². The molecule has 0 saturated heterocycles. The summed E-state index contributed by atoms with van der Waals surface area (Å²) in [5.41, 5.74) is 4.86. The van der Waals surface area contributed by atoms with E-state index in [-0.39, 0.29) is 5.91 Å². The fourth-order valence-corrected chi connectivity index (χ4v) is 3.39. The molecule has 0 atom stereocenters. The number of hydrogen-bond acceptors (Lipinski definition) is 2. The Morgan fingerprint density at radius 3 is 2.76 bits per heavy atom. The van der Waals surface area contributed by atoms with Crippen LogP contribution in [-0.4, -0.2) is 23.8 Å². The Morgan fingerprint density at radius 1 is 1.20 bits per heavy atom. The van der Waals surface area contributed by atoms with E-state index >= 15 is 0 Å². The van der Waals surface area contributed by atoms with Gasteiger partial charge in [-0.15, -0.1) is 0 Å². The van der Waals surface area contributed by atoms with Gasteiger partial charge in [0.15, 0.2) is 0 Å². The highest BCUT2D eigenvalue weighted by Crippen LogP contribution is 2.34. The zero-order valence-corrected chi connectivity index (χ0v) is 13.4. The molecule has 3 aromatic rings. The Morgan fingerprint density at radius 2 is 2.00 bits per heavy atom. The first-order chi connectivity index (χ1) is 12.2. The molecule has 0 unspecified atom stereocenters. The van der Waals surface area contributed by atoms with Crippen molar-refractivity contribution in [3.05, 3.63) is 58.9 Å². The molecule has 126 valence electrons. The maximum atomic E-state index is 13.9. The minimum atomic E-state index is -0.436. The van der Waals surface area contributed by atoms with Gasteiger partial charge in [-0.25, -0.2) is 4.39 Å². The monoisotopic (exact) mass is 337 g/mol. The predicted octanol–water partition coefficient (Wildman–Crippen LogP) is 2.51. The number of amides is 2. The highest BCUT2D eigenvalue weighted by atomic mass is 19.1. The largest absolute Gasteiger partial charge is 0.355 e. The van der Waals surface area contributed by atoms with Crippen LogP contribution >= 0.6 is 0 Å². The third-order valence-corrected chi connectivity index (χ3v) is 4.50. The highest BCUT2D eigenvalue weighted by Gasteiger charge is 2.23. The zero-order chi connectivity index (χ0) is 17.4. The fourth-order valence-electron chi connectivity index (χ4n) is 3.39. The molecule has 0 fully saturated rings. The van der Waals surface area contributed by atoms with Gasteiger partial charge >= 0.3 is 0 Å². The Labute approximate surface area is 143 Å². The first kappa shape index (κ1) is 15.4. The molecule has 3 N–H and O–H groups in total. The number of rotatable bonds is 4. The number of H-pyrrole nitrogens is 1. The van der Waals surface area contributed by atoms with Crippen molar-refractivity contribution in [3.8, 4) is 11.3 Å². The predicted molar refractivity (Wildman–Crippen MR) is 92.6 cm³/mol. The lowest BCUT2D eigenvalue weighted by molar-refractivity contribution is -0.109. The molecule has 1 aromatic heterocycles. The fraction of sp³-hybridized carbons (Fsp3) is 0.158. The Balaban J connectivity index is 1.85. The molecule has 2 amide bonds. The summed E-state index contributed by atoms with van der Waals surface area (Å²) < 4.78 is 13.9. The highest BCUT2D eigenvalue weighted by molar-refractivity contribution is 6.10. The van der Waals surface area contributed by atoms with Gasteiger partial charge in [-0.05, 0) is 35.2 Å². The van der Waals surface area contributed by atoms with Gasteiger partial charge in [0.2, 0.25) is 6.41 Å². The van der Waals surface area contributed by atoms with E-state index in [0.717, 1.165) is 27.8 Å².